The number of hydrogen-bond acceptors (Lipinski definition) is 4. The first-order chi connectivity index (χ1) is 8.19. The number of carbonyl (C=O) groups is 2. The summed E-state index contributed by atoms with van der Waals surface area (Å²) in [7, 11) is 0. The Morgan fingerprint density at radius 1 is 1.29 bits per heavy atom. The second-order valence-corrected chi connectivity index (χ2v) is 4.80. The Morgan fingerprint density at radius 2 is 2.06 bits per heavy atom. The van der Waals surface area contributed by atoms with E-state index >= 15 is 0 Å². The number of carbonyl (C=O) groups excluding carboxylic acids is 2. The van der Waals surface area contributed by atoms with Crippen LogP contribution >= 0.6 is 0 Å². The number of nitrogens with zero attached hydrogens (tertiary/aromatic N) is 1. The van der Waals surface area contributed by atoms with Gasteiger partial charge in [-0.05, 0) is 32.2 Å². The van der Waals surface area contributed by atoms with Crippen molar-refractivity contribution in [2.75, 3.05) is 19.6 Å². The van der Waals surface area contributed by atoms with Crippen molar-refractivity contribution in [2.24, 2.45) is 5.73 Å². The lowest BCUT2D eigenvalue weighted by atomic mass is 10.2. The molecule has 3 amide bonds. The van der Waals surface area contributed by atoms with E-state index in [-0.39, 0.29) is 30.6 Å². The maximum atomic E-state index is 11.6. The molecule has 96 valence electrons. The normalized spacial score (nSPS) is 24.6. The van der Waals surface area contributed by atoms with Gasteiger partial charge in [0, 0.05) is 18.6 Å². The molecule has 0 aromatic carbocycles. The number of imide groups is 1. The van der Waals surface area contributed by atoms with E-state index in [0.717, 1.165) is 32.2 Å². The molecule has 2 rings (SSSR count). The first-order valence-electron chi connectivity index (χ1n) is 6.23. The summed E-state index contributed by atoms with van der Waals surface area (Å²) < 4.78 is 0. The highest BCUT2D eigenvalue weighted by molar-refractivity contribution is 5.95. The van der Waals surface area contributed by atoms with E-state index in [2.05, 4.69) is 10.6 Å². The van der Waals surface area contributed by atoms with Gasteiger partial charge in [-0.3, -0.25) is 15.0 Å². The zero-order valence-corrected chi connectivity index (χ0v) is 9.95. The van der Waals surface area contributed by atoms with Gasteiger partial charge in [-0.15, -0.1) is 0 Å². The van der Waals surface area contributed by atoms with E-state index in [4.69, 9.17) is 5.73 Å². The Hall–Kier alpha value is -1.14. The number of rotatable bonds is 4. The molecule has 2 fully saturated rings. The predicted octanol–water partition coefficient (Wildman–Crippen LogP) is -0.602. The molecule has 17 heavy (non-hydrogen) atoms. The fraction of sp³-hybridized carbons (Fsp3) is 0.818. The van der Waals surface area contributed by atoms with E-state index in [9.17, 15) is 9.59 Å². The Bertz CT molecular complexity index is 304. The maximum absolute atomic E-state index is 11.6. The van der Waals surface area contributed by atoms with Crippen molar-refractivity contribution in [1.82, 2.24) is 15.5 Å². The van der Waals surface area contributed by atoms with Crippen molar-refractivity contribution in [3.8, 4) is 0 Å². The van der Waals surface area contributed by atoms with Crippen LogP contribution in [0.25, 0.3) is 0 Å². The maximum Gasteiger partial charge on any atom is 0.321 e. The summed E-state index contributed by atoms with van der Waals surface area (Å²) in [6.07, 6.45) is 4.15. The smallest absolute Gasteiger partial charge is 0.321 e. The lowest BCUT2D eigenvalue weighted by molar-refractivity contribution is -0.121. The average molecular weight is 240 g/mol. The number of hydrogen-bond donors (Lipinski definition) is 3. The molecule has 0 aromatic rings. The number of urea groups is 1. The third kappa shape index (κ3) is 3.67. The van der Waals surface area contributed by atoms with Crippen LogP contribution in [0.15, 0.2) is 0 Å². The second-order valence-electron chi connectivity index (χ2n) is 4.80. The van der Waals surface area contributed by atoms with Gasteiger partial charge >= 0.3 is 6.03 Å². The first-order valence-corrected chi connectivity index (χ1v) is 6.23. The lowest BCUT2D eigenvalue weighted by Gasteiger charge is -2.22. The van der Waals surface area contributed by atoms with Crippen LogP contribution in [-0.4, -0.2) is 48.6 Å². The van der Waals surface area contributed by atoms with Crippen LogP contribution in [0.3, 0.4) is 0 Å². The number of nitrogens with one attached hydrogen (secondary N) is 2. The monoisotopic (exact) mass is 240 g/mol. The molecule has 0 aromatic heterocycles. The molecule has 6 heteroatoms. The van der Waals surface area contributed by atoms with Crippen LogP contribution in [0, 0.1) is 0 Å². The van der Waals surface area contributed by atoms with Crippen molar-refractivity contribution < 1.29 is 9.59 Å². The van der Waals surface area contributed by atoms with Gasteiger partial charge < -0.3 is 11.1 Å². The molecule has 6 nitrogen and oxygen atoms in total. The van der Waals surface area contributed by atoms with Gasteiger partial charge in [0.05, 0.1) is 6.54 Å². The molecule has 1 heterocycles. The van der Waals surface area contributed by atoms with Crippen LogP contribution in [0.5, 0.6) is 0 Å². The number of amides is 3. The molecule has 0 bridgehead atoms. The minimum Gasteiger partial charge on any atom is -0.335 e. The van der Waals surface area contributed by atoms with Crippen molar-refractivity contribution in [3.05, 3.63) is 0 Å². The molecule has 1 saturated carbocycles. The molecule has 0 radical (unpaired) electrons. The van der Waals surface area contributed by atoms with Crippen LogP contribution < -0.4 is 16.4 Å². The minimum atomic E-state index is -0.374. The average Bonchev–Trinajstić information content (AvgIpc) is 2.95. The highest BCUT2D eigenvalue weighted by Gasteiger charge is 2.27. The molecular weight excluding hydrogens is 220 g/mol. The Kier molecular flexibility index (Phi) is 3.96. The molecule has 1 atom stereocenters. The molecular formula is C11H20N4O2. The topological polar surface area (TPSA) is 87.5 Å². The van der Waals surface area contributed by atoms with Crippen LogP contribution in [-0.2, 0) is 4.79 Å². The molecule has 1 aliphatic heterocycles. The summed E-state index contributed by atoms with van der Waals surface area (Å²) in [6, 6.07) is 0.180. The summed E-state index contributed by atoms with van der Waals surface area (Å²) in [5.74, 6) is -0.247. The van der Waals surface area contributed by atoms with E-state index in [1.807, 2.05) is 4.90 Å². The predicted molar refractivity (Wildman–Crippen MR) is 63.3 cm³/mol. The quantitative estimate of drug-likeness (QED) is 0.612. The Balaban J connectivity index is 1.70. The summed E-state index contributed by atoms with van der Waals surface area (Å²) in [6.45, 7) is 1.72. The fourth-order valence-corrected chi connectivity index (χ4v) is 2.17. The van der Waals surface area contributed by atoms with Gasteiger partial charge in [0.15, 0.2) is 0 Å². The highest BCUT2D eigenvalue weighted by atomic mass is 16.2. The van der Waals surface area contributed by atoms with Gasteiger partial charge in [0.25, 0.3) is 0 Å². The largest absolute Gasteiger partial charge is 0.335 e. The van der Waals surface area contributed by atoms with Gasteiger partial charge in [0.1, 0.15) is 0 Å². The van der Waals surface area contributed by atoms with Crippen molar-refractivity contribution in [1.29, 1.82) is 0 Å². The summed E-state index contributed by atoms with van der Waals surface area (Å²) in [4.78, 5) is 25.0. The fourth-order valence-electron chi connectivity index (χ4n) is 2.17. The standard InChI is InChI=1S/C11H20N4O2/c12-6-9-2-1-5-15(9)7-10(16)14-11(17)13-8-3-4-8/h8-9H,1-7,12H2,(H2,13,14,16,17). The van der Waals surface area contributed by atoms with E-state index in [1.54, 1.807) is 0 Å². The molecule has 1 aliphatic carbocycles. The Labute approximate surface area is 101 Å². The van der Waals surface area contributed by atoms with Crippen molar-refractivity contribution >= 4 is 11.9 Å². The van der Waals surface area contributed by atoms with Gasteiger partial charge in [-0.25, -0.2) is 4.79 Å². The van der Waals surface area contributed by atoms with Crippen LogP contribution in [0.1, 0.15) is 25.7 Å². The first kappa shape index (κ1) is 12.3. The van der Waals surface area contributed by atoms with Crippen LogP contribution in [0.2, 0.25) is 0 Å². The van der Waals surface area contributed by atoms with Crippen molar-refractivity contribution in [3.63, 3.8) is 0 Å². The van der Waals surface area contributed by atoms with E-state index < -0.39 is 0 Å². The van der Waals surface area contributed by atoms with Gasteiger partial charge in [-0.2, -0.15) is 0 Å². The van der Waals surface area contributed by atoms with Gasteiger partial charge in [0.2, 0.25) is 5.91 Å². The third-order valence-corrected chi connectivity index (χ3v) is 3.28. The lowest BCUT2D eigenvalue weighted by Crippen LogP contribution is -2.47. The van der Waals surface area contributed by atoms with Crippen molar-refractivity contribution in [2.45, 2.75) is 37.8 Å². The SMILES string of the molecule is NCC1CCCN1CC(=O)NC(=O)NC1CC1. The summed E-state index contributed by atoms with van der Waals surface area (Å²) >= 11 is 0. The molecule has 1 saturated heterocycles. The van der Waals surface area contributed by atoms with E-state index in [0.29, 0.717) is 6.54 Å². The zero-order chi connectivity index (χ0) is 12.3. The highest BCUT2D eigenvalue weighted by Crippen LogP contribution is 2.18. The van der Waals surface area contributed by atoms with Crippen LogP contribution in [0.4, 0.5) is 4.79 Å². The molecule has 4 N–H and O–H groups in total. The Morgan fingerprint density at radius 3 is 2.71 bits per heavy atom. The minimum absolute atomic E-state index is 0.247. The number of nitrogens with two attached hydrogens (primary N) is 1. The second kappa shape index (κ2) is 5.46. The molecule has 2 aliphatic rings. The summed E-state index contributed by atoms with van der Waals surface area (Å²) in [5, 5.41) is 5.07. The molecule has 1 unspecified atom stereocenters. The third-order valence-electron chi connectivity index (χ3n) is 3.28. The zero-order valence-electron chi connectivity index (χ0n) is 9.95. The number of likely N-dealkylation sites (tertiary alicyclic amines) is 1. The van der Waals surface area contributed by atoms with Gasteiger partial charge in [-0.1, -0.05) is 0 Å². The summed E-state index contributed by atoms with van der Waals surface area (Å²) in [5.41, 5.74) is 5.62. The van der Waals surface area contributed by atoms with E-state index in [1.165, 1.54) is 0 Å². The molecule has 0 spiro atoms.